The summed E-state index contributed by atoms with van der Waals surface area (Å²) in [6.45, 7) is 0. The monoisotopic (exact) mass is 453 g/mol. The van der Waals surface area contributed by atoms with Crippen molar-refractivity contribution in [2.45, 2.75) is 12.2 Å². The van der Waals surface area contributed by atoms with Gasteiger partial charge in [-0.15, -0.1) is 0 Å². The van der Waals surface area contributed by atoms with E-state index in [1.165, 1.54) is 19.3 Å². The Morgan fingerprint density at radius 2 is 1.89 bits per heavy atom. The van der Waals surface area contributed by atoms with Crippen LogP contribution in [0.15, 0.2) is 59.1 Å². The molecule has 0 saturated heterocycles. The van der Waals surface area contributed by atoms with Crippen LogP contribution in [-0.4, -0.2) is 35.5 Å². The third-order valence-corrected chi connectivity index (χ3v) is 4.15. The van der Waals surface area contributed by atoms with E-state index in [4.69, 9.17) is 14.6 Å². The summed E-state index contributed by atoms with van der Waals surface area (Å²) in [7, 11) is 1.29. The number of aliphatic carboxylic acids is 1. The van der Waals surface area contributed by atoms with Crippen molar-refractivity contribution in [3.05, 3.63) is 70.5 Å². The highest BCUT2D eigenvalue weighted by atomic mass is 79.9. The highest BCUT2D eigenvalue weighted by Crippen LogP contribution is 2.28. The fourth-order valence-corrected chi connectivity index (χ4v) is 2.57. The second kappa shape index (κ2) is 9.86. The average molecular weight is 454 g/mol. The van der Waals surface area contributed by atoms with Crippen molar-refractivity contribution in [1.29, 1.82) is 0 Å². The molecule has 9 heteroatoms. The Hall–Kier alpha value is -2.91. The first-order valence-electron chi connectivity index (χ1n) is 7.95. The highest BCUT2D eigenvalue weighted by molar-refractivity contribution is 9.10. The van der Waals surface area contributed by atoms with Crippen molar-refractivity contribution < 1.29 is 33.7 Å². The molecular weight excluding hydrogens is 437 g/mol. The summed E-state index contributed by atoms with van der Waals surface area (Å²) in [5.41, 5.74) is 0.627. The smallest absolute Gasteiger partial charge is 0.412 e. The first-order chi connectivity index (χ1) is 13.3. The zero-order valence-corrected chi connectivity index (χ0v) is 16.2. The number of phenols is 1. The predicted octanol–water partition coefficient (Wildman–Crippen LogP) is 4.24. The zero-order chi connectivity index (χ0) is 20.7. The van der Waals surface area contributed by atoms with Gasteiger partial charge >= 0.3 is 12.1 Å². The summed E-state index contributed by atoms with van der Waals surface area (Å²) in [5.74, 6) is -2.72. The number of rotatable bonds is 7. The van der Waals surface area contributed by atoms with Gasteiger partial charge in [-0.1, -0.05) is 22.0 Å². The Labute approximate surface area is 168 Å². The largest absolute Gasteiger partial charge is 0.505 e. The van der Waals surface area contributed by atoms with Crippen molar-refractivity contribution in [2.24, 2.45) is 0 Å². The number of carbonyl (C=O) groups excluding carboxylic acids is 1. The number of hydrogen-bond donors (Lipinski definition) is 3. The van der Waals surface area contributed by atoms with Gasteiger partial charge in [0.2, 0.25) is 0 Å². The molecule has 0 aliphatic rings. The summed E-state index contributed by atoms with van der Waals surface area (Å²) in [4.78, 5) is 23.1. The van der Waals surface area contributed by atoms with E-state index in [-0.39, 0.29) is 5.56 Å². The second-order valence-electron chi connectivity index (χ2n) is 5.57. The number of carbonyl (C=O) groups is 2. The third-order valence-electron chi connectivity index (χ3n) is 3.62. The normalized spacial score (nSPS) is 13.1. The molecule has 1 amide bonds. The molecule has 3 N–H and O–H groups in total. The van der Waals surface area contributed by atoms with Crippen LogP contribution >= 0.6 is 15.9 Å². The Balaban J connectivity index is 2.28. The summed E-state index contributed by atoms with van der Waals surface area (Å²) >= 11 is 3.28. The van der Waals surface area contributed by atoms with Crippen molar-refractivity contribution in [2.75, 3.05) is 12.4 Å². The third kappa shape index (κ3) is 6.07. The van der Waals surface area contributed by atoms with Crippen LogP contribution in [0.25, 0.3) is 0 Å². The Morgan fingerprint density at radius 3 is 2.46 bits per heavy atom. The van der Waals surface area contributed by atoms with Gasteiger partial charge in [-0.25, -0.2) is 14.0 Å². The SMILES string of the molecule is CO[C@H](/C=C/C(=O)O)[C@H](OC(=O)Nc1ccc(Br)cc1)c1ccc(O)c(F)c1. The van der Waals surface area contributed by atoms with Crippen LogP contribution in [0, 0.1) is 5.82 Å². The molecule has 0 aliphatic heterocycles. The first-order valence-corrected chi connectivity index (χ1v) is 8.75. The van der Waals surface area contributed by atoms with Crippen molar-refractivity contribution >= 4 is 33.7 Å². The van der Waals surface area contributed by atoms with E-state index in [2.05, 4.69) is 21.2 Å². The quantitative estimate of drug-likeness (QED) is 0.541. The lowest BCUT2D eigenvalue weighted by Crippen LogP contribution is -2.27. The van der Waals surface area contributed by atoms with Crippen LogP contribution < -0.4 is 5.32 Å². The summed E-state index contributed by atoms with van der Waals surface area (Å²) in [6, 6.07) is 10.1. The number of phenolic OH excluding ortho intramolecular Hbond substituents is 1. The van der Waals surface area contributed by atoms with Crippen LogP contribution in [0.3, 0.4) is 0 Å². The van der Waals surface area contributed by atoms with Gasteiger partial charge in [0.25, 0.3) is 0 Å². The number of benzene rings is 2. The number of nitrogens with one attached hydrogen (secondary N) is 1. The molecule has 2 aromatic rings. The molecule has 0 fully saturated rings. The van der Waals surface area contributed by atoms with Crippen molar-refractivity contribution in [1.82, 2.24) is 0 Å². The molecular formula is C19H17BrFNO6. The van der Waals surface area contributed by atoms with Crippen LogP contribution in [0.2, 0.25) is 0 Å². The molecule has 0 aromatic heterocycles. The minimum Gasteiger partial charge on any atom is -0.505 e. The van der Waals surface area contributed by atoms with E-state index in [0.29, 0.717) is 5.69 Å². The predicted molar refractivity (Wildman–Crippen MR) is 103 cm³/mol. The molecule has 0 aliphatic carbocycles. The summed E-state index contributed by atoms with van der Waals surface area (Å²) in [6.07, 6.45) is -1.05. The molecule has 0 unspecified atom stereocenters. The molecule has 2 rings (SSSR count). The van der Waals surface area contributed by atoms with E-state index in [0.717, 1.165) is 22.7 Å². The lowest BCUT2D eigenvalue weighted by Gasteiger charge is -2.24. The molecule has 0 radical (unpaired) electrons. The van der Waals surface area contributed by atoms with Crippen LogP contribution in [0.1, 0.15) is 11.7 Å². The maximum atomic E-state index is 13.8. The standard InChI is InChI=1S/C19H17BrFNO6/c1-27-16(8-9-17(24)25)18(11-2-7-15(23)14(21)10-11)28-19(26)22-13-5-3-12(20)4-6-13/h2-10,16,18,23H,1H3,(H,22,26)(H,24,25)/b9-8+/t16-,18-/m1/s1. The van der Waals surface area contributed by atoms with Gasteiger partial charge in [-0.3, -0.25) is 5.32 Å². The van der Waals surface area contributed by atoms with Gasteiger partial charge < -0.3 is 19.7 Å². The Morgan fingerprint density at radius 1 is 1.21 bits per heavy atom. The summed E-state index contributed by atoms with van der Waals surface area (Å²) in [5, 5.41) is 20.7. The Bertz CT molecular complexity index is 871. The molecule has 28 heavy (non-hydrogen) atoms. The lowest BCUT2D eigenvalue weighted by molar-refractivity contribution is -0.131. The van der Waals surface area contributed by atoms with Gasteiger partial charge in [-0.2, -0.15) is 0 Å². The number of halogens is 2. The van der Waals surface area contributed by atoms with E-state index in [9.17, 15) is 19.1 Å². The fourth-order valence-electron chi connectivity index (χ4n) is 2.30. The first kappa shape index (κ1) is 21.4. The molecule has 7 nitrogen and oxygen atoms in total. The van der Waals surface area contributed by atoms with E-state index in [1.807, 2.05) is 0 Å². The number of carboxylic acids is 1. The molecule has 148 valence electrons. The molecule has 0 saturated carbocycles. The van der Waals surface area contributed by atoms with Crippen LogP contribution in [-0.2, 0) is 14.3 Å². The maximum Gasteiger partial charge on any atom is 0.412 e. The number of hydrogen-bond acceptors (Lipinski definition) is 5. The van der Waals surface area contributed by atoms with Crippen molar-refractivity contribution in [3.8, 4) is 5.75 Å². The van der Waals surface area contributed by atoms with E-state index in [1.54, 1.807) is 24.3 Å². The molecule has 2 aromatic carbocycles. The molecule has 2 atom stereocenters. The Kier molecular flexibility index (Phi) is 7.53. The molecule has 0 heterocycles. The minimum atomic E-state index is -1.22. The van der Waals surface area contributed by atoms with Crippen LogP contribution in [0.4, 0.5) is 14.9 Å². The van der Waals surface area contributed by atoms with E-state index < -0.39 is 35.8 Å². The molecule has 0 bridgehead atoms. The van der Waals surface area contributed by atoms with Crippen molar-refractivity contribution in [3.63, 3.8) is 0 Å². The van der Waals surface area contributed by atoms with Gasteiger partial charge in [0.1, 0.15) is 6.10 Å². The highest BCUT2D eigenvalue weighted by Gasteiger charge is 2.27. The van der Waals surface area contributed by atoms with Gasteiger partial charge in [0, 0.05) is 23.3 Å². The van der Waals surface area contributed by atoms with Crippen LogP contribution in [0.5, 0.6) is 5.75 Å². The van der Waals surface area contributed by atoms with Gasteiger partial charge in [-0.05, 0) is 48.0 Å². The fraction of sp³-hybridized carbons (Fsp3) is 0.158. The average Bonchev–Trinajstić information content (AvgIpc) is 2.65. The molecule has 0 spiro atoms. The lowest BCUT2D eigenvalue weighted by atomic mass is 10.0. The summed E-state index contributed by atoms with van der Waals surface area (Å²) < 4.78 is 25.2. The number of ether oxygens (including phenoxy) is 2. The second-order valence-corrected chi connectivity index (χ2v) is 6.48. The zero-order valence-electron chi connectivity index (χ0n) is 14.6. The number of anilines is 1. The number of methoxy groups -OCH3 is 1. The maximum absolute atomic E-state index is 13.8. The minimum absolute atomic E-state index is 0.170. The topological polar surface area (TPSA) is 105 Å². The van der Waals surface area contributed by atoms with Gasteiger partial charge in [0.15, 0.2) is 17.7 Å². The number of aromatic hydroxyl groups is 1. The number of carboxylic acid groups (broad SMARTS) is 1. The van der Waals surface area contributed by atoms with E-state index >= 15 is 0 Å². The van der Waals surface area contributed by atoms with Gasteiger partial charge in [0.05, 0.1) is 0 Å². The number of amides is 1.